The van der Waals surface area contributed by atoms with E-state index in [4.69, 9.17) is 4.74 Å². The van der Waals surface area contributed by atoms with Crippen molar-refractivity contribution in [2.75, 3.05) is 32.0 Å². The number of ether oxygens (including phenoxy) is 1. The molecule has 1 aromatic rings. The molecule has 0 aliphatic carbocycles. The highest BCUT2D eigenvalue weighted by Crippen LogP contribution is 2.37. The molecular formula is C15H23N3O2S2. The number of carbonyl (C=O) groups is 1. The van der Waals surface area contributed by atoms with Crippen LogP contribution in [0.25, 0.3) is 0 Å². The topological polar surface area (TPSA) is 54.5 Å². The molecule has 2 atom stereocenters. The van der Waals surface area contributed by atoms with Crippen LogP contribution in [0.3, 0.4) is 0 Å². The lowest BCUT2D eigenvalue weighted by Gasteiger charge is -2.33. The van der Waals surface area contributed by atoms with Crippen LogP contribution in [0.15, 0.2) is 5.38 Å². The second-order valence-corrected chi connectivity index (χ2v) is 8.77. The Balaban J connectivity index is 1.53. The molecule has 2 fully saturated rings. The van der Waals surface area contributed by atoms with Crippen molar-refractivity contribution < 1.29 is 9.53 Å². The number of aryl methyl sites for hydroxylation is 1. The highest BCUT2D eigenvalue weighted by molar-refractivity contribution is 8.00. The molecule has 0 spiro atoms. The van der Waals surface area contributed by atoms with Gasteiger partial charge in [0, 0.05) is 28.9 Å². The van der Waals surface area contributed by atoms with Crippen molar-refractivity contribution in [1.29, 1.82) is 0 Å². The monoisotopic (exact) mass is 341 g/mol. The van der Waals surface area contributed by atoms with E-state index >= 15 is 0 Å². The average Bonchev–Trinajstić information content (AvgIpc) is 3.14. The first-order valence-electron chi connectivity index (χ1n) is 7.76. The third-order valence-electron chi connectivity index (χ3n) is 4.18. The predicted molar refractivity (Wildman–Crippen MR) is 90.6 cm³/mol. The standard InChI is InChI=1S/C15H23N3O2S2/c1-11-9-21-13(17-11)12-8-18(5-6-20-12)14(19)16-10-15(2)4-3-7-22-15/h9,12H,3-8,10H2,1-2H3,(H,16,19)/t12-,15+/m0/s1. The van der Waals surface area contributed by atoms with Crippen molar-refractivity contribution in [2.24, 2.45) is 0 Å². The molecule has 2 aliphatic rings. The van der Waals surface area contributed by atoms with Crippen molar-refractivity contribution in [2.45, 2.75) is 37.5 Å². The number of aromatic nitrogens is 1. The van der Waals surface area contributed by atoms with Gasteiger partial charge in [0.1, 0.15) is 11.1 Å². The minimum Gasteiger partial charge on any atom is -0.367 e. The van der Waals surface area contributed by atoms with E-state index in [0.717, 1.165) is 17.2 Å². The SMILES string of the molecule is Cc1csc([C@@H]2CN(C(=O)NC[C@@]3(C)CCCS3)CCO2)n1. The maximum atomic E-state index is 12.4. The van der Waals surface area contributed by atoms with E-state index < -0.39 is 0 Å². The van der Waals surface area contributed by atoms with E-state index in [1.165, 1.54) is 18.6 Å². The van der Waals surface area contributed by atoms with Crippen molar-refractivity contribution >= 4 is 29.1 Å². The number of hydrogen-bond donors (Lipinski definition) is 1. The second kappa shape index (κ2) is 6.76. The van der Waals surface area contributed by atoms with Gasteiger partial charge < -0.3 is 15.0 Å². The largest absolute Gasteiger partial charge is 0.367 e. The zero-order valence-corrected chi connectivity index (χ0v) is 14.8. The summed E-state index contributed by atoms with van der Waals surface area (Å²) >= 11 is 3.57. The number of nitrogens with zero attached hydrogens (tertiary/aromatic N) is 2. The lowest BCUT2D eigenvalue weighted by atomic mass is 10.1. The maximum absolute atomic E-state index is 12.4. The summed E-state index contributed by atoms with van der Waals surface area (Å²) in [4.78, 5) is 18.7. The normalized spacial score (nSPS) is 28.8. The molecule has 1 aromatic heterocycles. The van der Waals surface area contributed by atoms with Crippen molar-refractivity contribution in [3.05, 3.63) is 16.1 Å². The zero-order chi connectivity index (χ0) is 15.6. The van der Waals surface area contributed by atoms with Crippen LogP contribution in [0.4, 0.5) is 4.79 Å². The van der Waals surface area contributed by atoms with Gasteiger partial charge in [-0.3, -0.25) is 0 Å². The lowest BCUT2D eigenvalue weighted by molar-refractivity contribution is -0.0156. The van der Waals surface area contributed by atoms with Gasteiger partial charge in [-0.05, 0) is 32.4 Å². The summed E-state index contributed by atoms with van der Waals surface area (Å²) in [5.41, 5.74) is 1.01. The van der Waals surface area contributed by atoms with Crippen LogP contribution < -0.4 is 5.32 Å². The highest BCUT2D eigenvalue weighted by atomic mass is 32.2. The third kappa shape index (κ3) is 3.75. The fourth-order valence-corrected chi connectivity index (χ4v) is 4.93. The molecule has 122 valence electrons. The number of urea groups is 1. The van der Waals surface area contributed by atoms with Crippen LogP contribution in [0.2, 0.25) is 0 Å². The van der Waals surface area contributed by atoms with Crippen molar-refractivity contribution in [3.63, 3.8) is 0 Å². The van der Waals surface area contributed by atoms with E-state index in [9.17, 15) is 4.79 Å². The van der Waals surface area contributed by atoms with Gasteiger partial charge in [-0.2, -0.15) is 11.8 Å². The molecule has 0 radical (unpaired) electrons. The van der Waals surface area contributed by atoms with Crippen LogP contribution in [-0.2, 0) is 4.74 Å². The fourth-order valence-electron chi connectivity index (χ4n) is 2.85. The first kappa shape index (κ1) is 16.1. The molecular weight excluding hydrogens is 318 g/mol. The Labute approximate surface area is 139 Å². The molecule has 2 saturated heterocycles. The van der Waals surface area contributed by atoms with Gasteiger partial charge in [-0.1, -0.05) is 0 Å². The van der Waals surface area contributed by atoms with Gasteiger partial charge in [-0.15, -0.1) is 11.3 Å². The quantitative estimate of drug-likeness (QED) is 0.918. The third-order valence-corrected chi connectivity index (χ3v) is 6.77. The summed E-state index contributed by atoms with van der Waals surface area (Å²) < 4.78 is 5.98. The maximum Gasteiger partial charge on any atom is 0.317 e. The Bertz CT molecular complexity index is 529. The van der Waals surface area contributed by atoms with Gasteiger partial charge in [0.25, 0.3) is 0 Å². The van der Waals surface area contributed by atoms with E-state index in [1.54, 1.807) is 11.3 Å². The summed E-state index contributed by atoms with van der Waals surface area (Å²) in [6, 6.07) is 0.0234. The van der Waals surface area contributed by atoms with Crippen LogP contribution in [0.5, 0.6) is 0 Å². The Kier molecular flexibility index (Phi) is 4.94. The Morgan fingerprint density at radius 3 is 3.18 bits per heavy atom. The Morgan fingerprint density at radius 2 is 2.50 bits per heavy atom. The highest BCUT2D eigenvalue weighted by Gasteiger charge is 2.32. The second-order valence-electron chi connectivity index (χ2n) is 6.19. The van der Waals surface area contributed by atoms with E-state index in [-0.39, 0.29) is 16.9 Å². The molecule has 0 aromatic carbocycles. The molecule has 2 amide bonds. The molecule has 2 aliphatic heterocycles. The lowest BCUT2D eigenvalue weighted by Crippen LogP contribution is -2.49. The molecule has 22 heavy (non-hydrogen) atoms. The number of nitrogens with one attached hydrogen (secondary N) is 1. The van der Waals surface area contributed by atoms with Crippen molar-refractivity contribution in [3.8, 4) is 0 Å². The zero-order valence-electron chi connectivity index (χ0n) is 13.1. The van der Waals surface area contributed by atoms with Crippen molar-refractivity contribution in [1.82, 2.24) is 15.2 Å². The number of thioether (sulfide) groups is 1. The van der Waals surface area contributed by atoms with Crippen LogP contribution in [0, 0.1) is 6.92 Å². The summed E-state index contributed by atoms with van der Waals surface area (Å²) in [5.74, 6) is 1.20. The smallest absolute Gasteiger partial charge is 0.317 e. The van der Waals surface area contributed by atoms with Crippen LogP contribution in [-0.4, -0.2) is 52.7 Å². The first-order valence-corrected chi connectivity index (χ1v) is 9.63. The Morgan fingerprint density at radius 1 is 1.64 bits per heavy atom. The minimum absolute atomic E-state index is 0.0234. The fraction of sp³-hybridized carbons (Fsp3) is 0.733. The molecule has 0 saturated carbocycles. The van der Waals surface area contributed by atoms with E-state index in [2.05, 4.69) is 17.2 Å². The Hall–Kier alpha value is -0.790. The number of morpholine rings is 1. The molecule has 3 heterocycles. The van der Waals surface area contributed by atoms with Gasteiger partial charge in [0.2, 0.25) is 0 Å². The molecule has 5 nitrogen and oxygen atoms in total. The number of amides is 2. The van der Waals surface area contributed by atoms with Crippen LogP contribution >= 0.6 is 23.1 Å². The van der Waals surface area contributed by atoms with E-state index in [0.29, 0.717) is 19.7 Å². The molecule has 0 unspecified atom stereocenters. The minimum atomic E-state index is -0.0883. The first-order chi connectivity index (χ1) is 10.6. The van der Waals surface area contributed by atoms with E-state index in [1.807, 2.05) is 29.0 Å². The van der Waals surface area contributed by atoms with Gasteiger partial charge >= 0.3 is 6.03 Å². The van der Waals surface area contributed by atoms with Gasteiger partial charge in [0.05, 0.1) is 13.2 Å². The van der Waals surface area contributed by atoms with Gasteiger partial charge in [-0.25, -0.2) is 9.78 Å². The number of thiazole rings is 1. The van der Waals surface area contributed by atoms with Gasteiger partial charge in [0.15, 0.2) is 0 Å². The number of rotatable bonds is 3. The average molecular weight is 342 g/mol. The molecule has 0 bridgehead atoms. The summed E-state index contributed by atoms with van der Waals surface area (Å²) in [6.07, 6.45) is 2.34. The van der Waals surface area contributed by atoms with Crippen LogP contribution in [0.1, 0.15) is 36.6 Å². The number of carbonyl (C=O) groups excluding carboxylic acids is 1. The summed E-state index contributed by atoms with van der Waals surface area (Å²) in [6.45, 7) is 6.77. The molecule has 7 heteroatoms. The molecule has 1 N–H and O–H groups in total. The summed E-state index contributed by atoms with van der Waals surface area (Å²) in [5, 5.41) is 6.10. The predicted octanol–water partition coefficient (Wildman–Crippen LogP) is 2.82. The summed E-state index contributed by atoms with van der Waals surface area (Å²) in [7, 11) is 0. The number of hydrogen-bond acceptors (Lipinski definition) is 5. The molecule has 3 rings (SSSR count).